The van der Waals surface area contributed by atoms with E-state index in [4.69, 9.17) is 5.73 Å². The lowest BCUT2D eigenvalue weighted by Gasteiger charge is -2.34. The van der Waals surface area contributed by atoms with Crippen LogP contribution in [0, 0.1) is 5.92 Å². The maximum absolute atomic E-state index is 5.97. The molecule has 1 heterocycles. The zero-order chi connectivity index (χ0) is 8.97. The quantitative estimate of drug-likeness (QED) is 0.628. The molecular weight excluding hydrogens is 148 g/mol. The summed E-state index contributed by atoms with van der Waals surface area (Å²) in [4.78, 5) is 2.42. The third-order valence-corrected chi connectivity index (χ3v) is 2.70. The third-order valence-electron chi connectivity index (χ3n) is 2.70. The van der Waals surface area contributed by atoms with Crippen molar-refractivity contribution in [3.63, 3.8) is 0 Å². The summed E-state index contributed by atoms with van der Waals surface area (Å²) in [5.41, 5.74) is 5.97. The lowest BCUT2D eigenvalue weighted by Crippen LogP contribution is -2.47. The van der Waals surface area contributed by atoms with Crippen molar-refractivity contribution in [3.8, 4) is 0 Å². The van der Waals surface area contributed by atoms with Gasteiger partial charge in [0.15, 0.2) is 0 Å². The van der Waals surface area contributed by atoms with E-state index in [0.717, 1.165) is 13.1 Å². The summed E-state index contributed by atoms with van der Waals surface area (Å²) >= 11 is 0. The lowest BCUT2D eigenvalue weighted by atomic mass is 9.94. The predicted octanol–water partition coefficient (Wildman–Crippen LogP) is 1.23. The van der Waals surface area contributed by atoms with Gasteiger partial charge >= 0.3 is 0 Å². The van der Waals surface area contributed by atoms with Crippen LogP contribution < -0.4 is 5.73 Å². The second kappa shape index (κ2) is 4.63. The van der Waals surface area contributed by atoms with Crippen LogP contribution in [0.2, 0.25) is 0 Å². The molecule has 0 radical (unpaired) electrons. The number of hydrogen-bond acceptors (Lipinski definition) is 2. The number of piperidine rings is 1. The summed E-state index contributed by atoms with van der Waals surface area (Å²) < 4.78 is 0. The van der Waals surface area contributed by atoms with Gasteiger partial charge in [0.2, 0.25) is 0 Å². The van der Waals surface area contributed by atoms with Crippen LogP contribution in [0.4, 0.5) is 0 Å². The first-order valence-corrected chi connectivity index (χ1v) is 4.83. The molecule has 0 amide bonds. The molecule has 1 fully saturated rings. The minimum absolute atomic E-state index is 0.379. The summed E-state index contributed by atoms with van der Waals surface area (Å²) in [5.74, 6) is 0.701. The molecule has 1 rings (SSSR count). The lowest BCUT2D eigenvalue weighted by molar-refractivity contribution is 0.184. The average Bonchev–Trinajstić information content (AvgIpc) is 2.07. The molecule has 0 aliphatic carbocycles. The first-order chi connectivity index (χ1) is 5.74. The second-order valence-electron chi connectivity index (χ2n) is 3.76. The van der Waals surface area contributed by atoms with Gasteiger partial charge in [-0.05, 0) is 25.8 Å². The molecule has 0 aromatic heterocycles. The van der Waals surface area contributed by atoms with Crippen molar-refractivity contribution in [2.75, 3.05) is 19.6 Å². The van der Waals surface area contributed by atoms with Crippen molar-refractivity contribution in [1.82, 2.24) is 4.90 Å². The fourth-order valence-electron chi connectivity index (χ4n) is 1.59. The molecule has 2 heteroatoms. The third kappa shape index (κ3) is 2.61. The Bertz CT molecular complexity index is 154. The SMILES string of the molecule is CC=CCN1CCC(C)C(N)C1. The molecule has 0 spiro atoms. The molecule has 70 valence electrons. The minimum atomic E-state index is 0.379. The van der Waals surface area contributed by atoms with Gasteiger partial charge in [-0.2, -0.15) is 0 Å². The summed E-state index contributed by atoms with van der Waals surface area (Å²) in [7, 11) is 0. The number of allylic oxidation sites excluding steroid dienone is 1. The van der Waals surface area contributed by atoms with Gasteiger partial charge in [0.05, 0.1) is 0 Å². The van der Waals surface area contributed by atoms with Crippen molar-refractivity contribution in [3.05, 3.63) is 12.2 Å². The molecular formula is C10H20N2. The van der Waals surface area contributed by atoms with Gasteiger partial charge in [-0.1, -0.05) is 19.1 Å². The molecule has 2 nitrogen and oxygen atoms in total. The molecule has 0 bridgehead atoms. The highest BCUT2D eigenvalue weighted by Gasteiger charge is 2.21. The Balaban J connectivity index is 2.30. The van der Waals surface area contributed by atoms with E-state index in [1.54, 1.807) is 0 Å². The van der Waals surface area contributed by atoms with Crippen molar-refractivity contribution in [2.45, 2.75) is 26.3 Å². The Labute approximate surface area is 75.4 Å². The summed E-state index contributed by atoms with van der Waals surface area (Å²) in [6.07, 6.45) is 5.55. The van der Waals surface area contributed by atoms with E-state index < -0.39 is 0 Å². The van der Waals surface area contributed by atoms with Crippen molar-refractivity contribution >= 4 is 0 Å². The molecule has 0 aromatic carbocycles. The molecule has 1 aliphatic rings. The normalized spacial score (nSPS) is 32.9. The fourth-order valence-corrected chi connectivity index (χ4v) is 1.59. The zero-order valence-corrected chi connectivity index (χ0v) is 8.16. The molecule has 1 aliphatic heterocycles. The van der Waals surface area contributed by atoms with E-state index in [-0.39, 0.29) is 0 Å². The van der Waals surface area contributed by atoms with Gasteiger partial charge in [0, 0.05) is 19.1 Å². The smallest absolute Gasteiger partial charge is 0.0194 e. The first-order valence-electron chi connectivity index (χ1n) is 4.83. The topological polar surface area (TPSA) is 29.3 Å². The van der Waals surface area contributed by atoms with Crippen LogP contribution in [0.5, 0.6) is 0 Å². The number of rotatable bonds is 2. The summed E-state index contributed by atoms with van der Waals surface area (Å²) in [6.45, 7) is 7.64. The fraction of sp³-hybridized carbons (Fsp3) is 0.800. The second-order valence-corrected chi connectivity index (χ2v) is 3.76. The van der Waals surface area contributed by atoms with Crippen LogP contribution in [-0.2, 0) is 0 Å². The Morgan fingerprint density at radius 1 is 1.58 bits per heavy atom. The van der Waals surface area contributed by atoms with E-state index in [2.05, 4.69) is 30.9 Å². The van der Waals surface area contributed by atoms with E-state index in [0.29, 0.717) is 12.0 Å². The first kappa shape index (κ1) is 9.75. The minimum Gasteiger partial charge on any atom is -0.326 e. The Kier molecular flexibility index (Phi) is 3.76. The van der Waals surface area contributed by atoms with Crippen LogP contribution in [-0.4, -0.2) is 30.6 Å². The number of nitrogens with two attached hydrogens (primary N) is 1. The Hall–Kier alpha value is -0.340. The molecule has 0 aromatic rings. The maximum atomic E-state index is 5.97. The van der Waals surface area contributed by atoms with Gasteiger partial charge < -0.3 is 5.73 Å². The highest BCUT2D eigenvalue weighted by Crippen LogP contribution is 2.14. The average molecular weight is 168 g/mol. The standard InChI is InChI=1S/C10H20N2/c1-3-4-6-12-7-5-9(2)10(11)8-12/h3-4,9-10H,5-8,11H2,1-2H3. The highest BCUT2D eigenvalue weighted by molar-refractivity contribution is 4.86. The Morgan fingerprint density at radius 2 is 2.33 bits per heavy atom. The summed E-state index contributed by atoms with van der Waals surface area (Å²) in [6, 6.07) is 0.379. The molecule has 0 saturated carbocycles. The van der Waals surface area contributed by atoms with Crippen LogP contribution in [0.1, 0.15) is 20.3 Å². The van der Waals surface area contributed by atoms with Crippen LogP contribution >= 0.6 is 0 Å². The molecule has 2 N–H and O–H groups in total. The molecule has 2 unspecified atom stereocenters. The van der Waals surface area contributed by atoms with E-state index >= 15 is 0 Å². The van der Waals surface area contributed by atoms with Gasteiger partial charge in [-0.3, -0.25) is 4.90 Å². The van der Waals surface area contributed by atoms with Gasteiger partial charge in [0.25, 0.3) is 0 Å². The zero-order valence-electron chi connectivity index (χ0n) is 8.16. The van der Waals surface area contributed by atoms with Gasteiger partial charge in [-0.25, -0.2) is 0 Å². The molecule has 12 heavy (non-hydrogen) atoms. The number of likely N-dealkylation sites (tertiary alicyclic amines) is 1. The number of hydrogen-bond donors (Lipinski definition) is 1. The maximum Gasteiger partial charge on any atom is 0.0194 e. The van der Waals surface area contributed by atoms with Crippen molar-refractivity contribution in [1.29, 1.82) is 0 Å². The molecule has 1 saturated heterocycles. The predicted molar refractivity (Wildman–Crippen MR) is 53.0 cm³/mol. The van der Waals surface area contributed by atoms with E-state index in [1.165, 1.54) is 13.0 Å². The van der Waals surface area contributed by atoms with Gasteiger partial charge in [0.1, 0.15) is 0 Å². The van der Waals surface area contributed by atoms with E-state index in [9.17, 15) is 0 Å². The van der Waals surface area contributed by atoms with E-state index in [1.807, 2.05) is 0 Å². The van der Waals surface area contributed by atoms with Crippen molar-refractivity contribution < 1.29 is 0 Å². The molecule has 2 atom stereocenters. The highest BCUT2D eigenvalue weighted by atomic mass is 15.1. The largest absolute Gasteiger partial charge is 0.326 e. The van der Waals surface area contributed by atoms with Gasteiger partial charge in [-0.15, -0.1) is 0 Å². The van der Waals surface area contributed by atoms with Crippen LogP contribution in [0.15, 0.2) is 12.2 Å². The van der Waals surface area contributed by atoms with Crippen LogP contribution in [0.25, 0.3) is 0 Å². The Morgan fingerprint density at radius 3 is 2.92 bits per heavy atom. The number of nitrogens with zero attached hydrogens (tertiary/aromatic N) is 1. The van der Waals surface area contributed by atoms with Crippen LogP contribution in [0.3, 0.4) is 0 Å². The summed E-state index contributed by atoms with van der Waals surface area (Å²) in [5, 5.41) is 0. The van der Waals surface area contributed by atoms with Crippen molar-refractivity contribution in [2.24, 2.45) is 11.7 Å². The monoisotopic (exact) mass is 168 g/mol.